The van der Waals surface area contributed by atoms with Crippen molar-refractivity contribution in [1.29, 1.82) is 0 Å². The fraction of sp³-hybridized carbons (Fsp3) is 0.143. The molecule has 176 valence electrons. The third kappa shape index (κ3) is 4.88. The number of nitrogens with zero attached hydrogens (tertiary/aromatic N) is 4. The number of rotatable bonds is 6. The molecule has 3 heterocycles. The molecule has 34 heavy (non-hydrogen) atoms. The number of benzene rings is 1. The number of carbonyl (C=O) groups excluding carboxylic acids is 1. The summed E-state index contributed by atoms with van der Waals surface area (Å²) in [6.07, 6.45) is 1.92. The standard InChI is InChI=1S/C21H18ClF2N7O3/c1-31(2)20(32)14-3-4-16(30-29-14)28-21(33)27-10-7-12(23)18(13(24)8-10)34-15-5-6-25-19-17(15)11(22)9-26-19/h3-9,20,32H,1-2H3,(H,25,26)(H2,27,28,30,33). The fourth-order valence-electron chi connectivity index (χ4n) is 3.00. The van der Waals surface area contributed by atoms with Crippen LogP contribution in [0.5, 0.6) is 11.5 Å². The van der Waals surface area contributed by atoms with Crippen LogP contribution in [0.1, 0.15) is 11.9 Å². The molecule has 3 aromatic heterocycles. The molecule has 0 radical (unpaired) electrons. The molecule has 0 fully saturated rings. The smallest absolute Gasteiger partial charge is 0.324 e. The molecule has 4 aromatic rings. The van der Waals surface area contributed by atoms with E-state index < -0.39 is 29.6 Å². The maximum atomic E-state index is 14.6. The largest absolute Gasteiger partial charge is 0.450 e. The van der Waals surface area contributed by atoms with Crippen molar-refractivity contribution in [1.82, 2.24) is 25.1 Å². The second kappa shape index (κ2) is 9.55. The topological polar surface area (TPSA) is 128 Å². The Balaban J connectivity index is 1.46. The van der Waals surface area contributed by atoms with E-state index in [0.717, 1.165) is 12.1 Å². The molecule has 0 bridgehead atoms. The number of aliphatic hydroxyl groups excluding tert-OH is 1. The molecule has 13 heteroatoms. The Labute approximate surface area is 196 Å². The van der Waals surface area contributed by atoms with E-state index in [4.69, 9.17) is 16.3 Å². The molecule has 0 aliphatic heterocycles. The first kappa shape index (κ1) is 23.3. The number of hydrogen-bond acceptors (Lipinski definition) is 7. The number of aliphatic hydroxyl groups is 1. The summed E-state index contributed by atoms with van der Waals surface area (Å²) >= 11 is 6.09. The molecule has 10 nitrogen and oxygen atoms in total. The van der Waals surface area contributed by atoms with E-state index in [1.165, 1.54) is 35.5 Å². The summed E-state index contributed by atoms with van der Waals surface area (Å²) in [4.78, 5) is 20.6. The maximum Gasteiger partial charge on any atom is 0.324 e. The number of fused-ring (bicyclic) bond motifs is 1. The molecule has 0 spiro atoms. The number of carbonyl (C=O) groups is 1. The number of pyridine rings is 1. The van der Waals surface area contributed by atoms with Crippen molar-refractivity contribution in [2.24, 2.45) is 0 Å². The van der Waals surface area contributed by atoms with Crippen LogP contribution >= 0.6 is 11.6 Å². The van der Waals surface area contributed by atoms with Crippen LogP contribution in [-0.2, 0) is 0 Å². The minimum absolute atomic E-state index is 0.0678. The van der Waals surface area contributed by atoms with Gasteiger partial charge in [-0.25, -0.2) is 18.6 Å². The number of aromatic nitrogens is 4. The van der Waals surface area contributed by atoms with Crippen molar-refractivity contribution in [3.63, 3.8) is 0 Å². The Morgan fingerprint density at radius 3 is 2.56 bits per heavy atom. The van der Waals surface area contributed by atoms with Crippen molar-refractivity contribution >= 4 is 40.2 Å². The highest BCUT2D eigenvalue weighted by Crippen LogP contribution is 2.36. The lowest BCUT2D eigenvalue weighted by atomic mass is 10.2. The normalized spacial score (nSPS) is 12.1. The summed E-state index contributed by atoms with van der Waals surface area (Å²) in [6, 6.07) is 5.32. The van der Waals surface area contributed by atoms with Gasteiger partial charge >= 0.3 is 6.03 Å². The van der Waals surface area contributed by atoms with Gasteiger partial charge in [-0.1, -0.05) is 11.6 Å². The monoisotopic (exact) mass is 489 g/mol. The zero-order valence-corrected chi connectivity index (χ0v) is 18.6. The maximum absolute atomic E-state index is 14.6. The second-order valence-electron chi connectivity index (χ2n) is 7.30. The van der Waals surface area contributed by atoms with Crippen LogP contribution in [0.25, 0.3) is 11.0 Å². The Kier molecular flexibility index (Phi) is 6.54. The molecule has 1 atom stereocenters. The Morgan fingerprint density at radius 2 is 1.91 bits per heavy atom. The summed E-state index contributed by atoms with van der Waals surface area (Å²) in [5.41, 5.74) is 0.515. The lowest BCUT2D eigenvalue weighted by Gasteiger charge is -2.17. The van der Waals surface area contributed by atoms with Crippen LogP contribution in [0.4, 0.5) is 25.1 Å². The molecule has 0 aliphatic rings. The number of amides is 2. The SMILES string of the molecule is CN(C)C(O)c1ccc(NC(=O)Nc2cc(F)c(Oc3ccnc4[nH]cc(Cl)c34)c(F)c2)nn1. The van der Waals surface area contributed by atoms with E-state index in [9.17, 15) is 18.7 Å². The van der Waals surface area contributed by atoms with Crippen LogP contribution in [0.15, 0.2) is 42.7 Å². The van der Waals surface area contributed by atoms with E-state index in [0.29, 0.717) is 11.0 Å². The summed E-state index contributed by atoms with van der Waals surface area (Å²) in [6.45, 7) is 0. The van der Waals surface area contributed by atoms with Crippen LogP contribution in [0.3, 0.4) is 0 Å². The average Bonchev–Trinajstić information content (AvgIpc) is 3.18. The van der Waals surface area contributed by atoms with Crippen molar-refractivity contribution in [2.75, 3.05) is 24.7 Å². The highest BCUT2D eigenvalue weighted by atomic mass is 35.5. The Bertz CT molecular complexity index is 1330. The first-order valence-corrected chi connectivity index (χ1v) is 10.2. The van der Waals surface area contributed by atoms with Gasteiger partial charge in [-0.3, -0.25) is 10.2 Å². The van der Waals surface area contributed by atoms with Gasteiger partial charge in [-0.15, -0.1) is 10.2 Å². The van der Waals surface area contributed by atoms with Crippen LogP contribution in [0, 0.1) is 11.6 Å². The van der Waals surface area contributed by atoms with Gasteiger partial charge in [0.2, 0.25) is 0 Å². The summed E-state index contributed by atoms with van der Waals surface area (Å²) in [7, 11) is 3.32. The first-order chi connectivity index (χ1) is 16.2. The molecule has 4 N–H and O–H groups in total. The first-order valence-electron chi connectivity index (χ1n) is 9.77. The molecule has 2 amide bonds. The van der Waals surface area contributed by atoms with E-state index in [2.05, 4.69) is 30.8 Å². The lowest BCUT2D eigenvalue weighted by molar-refractivity contribution is 0.0351. The van der Waals surface area contributed by atoms with Gasteiger partial charge in [0.25, 0.3) is 0 Å². The third-order valence-corrected chi connectivity index (χ3v) is 4.93. The average molecular weight is 490 g/mol. The molecule has 0 saturated carbocycles. The molecule has 0 saturated heterocycles. The van der Waals surface area contributed by atoms with Crippen molar-refractivity contribution in [3.8, 4) is 11.5 Å². The summed E-state index contributed by atoms with van der Waals surface area (Å²) in [5, 5.41) is 22.9. The molecule has 1 unspecified atom stereocenters. The zero-order chi connectivity index (χ0) is 24.4. The molecular formula is C21H18ClF2N7O3. The predicted molar refractivity (Wildman–Crippen MR) is 121 cm³/mol. The number of halogens is 3. The van der Waals surface area contributed by atoms with Gasteiger partial charge in [0, 0.05) is 30.2 Å². The Morgan fingerprint density at radius 1 is 1.18 bits per heavy atom. The second-order valence-corrected chi connectivity index (χ2v) is 7.71. The zero-order valence-electron chi connectivity index (χ0n) is 17.8. The highest BCUT2D eigenvalue weighted by Gasteiger charge is 2.18. The Hall–Kier alpha value is -3.87. The van der Waals surface area contributed by atoms with Crippen LogP contribution < -0.4 is 15.4 Å². The lowest BCUT2D eigenvalue weighted by Crippen LogP contribution is -2.22. The predicted octanol–water partition coefficient (Wildman–Crippen LogP) is 4.27. The number of aromatic amines is 1. The minimum atomic E-state index is -1.05. The summed E-state index contributed by atoms with van der Waals surface area (Å²) < 4.78 is 34.7. The van der Waals surface area contributed by atoms with E-state index in [1.807, 2.05) is 0 Å². The summed E-state index contributed by atoms with van der Waals surface area (Å²) in [5.74, 6) is -2.59. The fourth-order valence-corrected chi connectivity index (χ4v) is 3.24. The quantitative estimate of drug-likeness (QED) is 0.298. The number of H-pyrrole nitrogens is 1. The minimum Gasteiger partial charge on any atom is -0.450 e. The van der Waals surface area contributed by atoms with Gasteiger partial charge < -0.3 is 20.1 Å². The highest BCUT2D eigenvalue weighted by molar-refractivity contribution is 6.36. The van der Waals surface area contributed by atoms with Crippen molar-refractivity contribution in [2.45, 2.75) is 6.23 Å². The van der Waals surface area contributed by atoms with Crippen LogP contribution in [0.2, 0.25) is 5.02 Å². The van der Waals surface area contributed by atoms with Gasteiger partial charge in [-0.05, 0) is 32.3 Å². The third-order valence-electron chi connectivity index (χ3n) is 4.64. The van der Waals surface area contributed by atoms with Gasteiger partial charge in [0.1, 0.15) is 17.1 Å². The van der Waals surface area contributed by atoms with Gasteiger partial charge in [0.15, 0.2) is 29.4 Å². The molecular weight excluding hydrogens is 472 g/mol. The number of nitrogens with one attached hydrogen (secondary N) is 3. The van der Waals surface area contributed by atoms with E-state index in [1.54, 1.807) is 14.1 Å². The number of urea groups is 1. The van der Waals surface area contributed by atoms with E-state index in [-0.39, 0.29) is 28.0 Å². The molecule has 1 aromatic carbocycles. The van der Waals surface area contributed by atoms with E-state index >= 15 is 0 Å². The number of ether oxygens (including phenoxy) is 1. The van der Waals surface area contributed by atoms with Crippen molar-refractivity contribution < 1.29 is 23.4 Å². The number of anilines is 2. The van der Waals surface area contributed by atoms with Gasteiger partial charge in [-0.2, -0.15) is 0 Å². The van der Waals surface area contributed by atoms with Gasteiger partial charge in [0.05, 0.1) is 10.4 Å². The van der Waals surface area contributed by atoms with Crippen LogP contribution in [-0.4, -0.2) is 50.3 Å². The molecule has 4 rings (SSSR count). The molecule has 0 aliphatic carbocycles. The number of hydrogen-bond donors (Lipinski definition) is 4. The van der Waals surface area contributed by atoms with Crippen molar-refractivity contribution in [3.05, 3.63) is 65.1 Å².